The molecule has 0 saturated heterocycles. The largest absolute Gasteiger partial charge is 0.493 e. The zero-order chi connectivity index (χ0) is 25.0. The Morgan fingerprint density at radius 1 is 0.706 bits per heavy atom. The van der Waals surface area contributed by atoms with Crippen LogP contribution in [0.25, 0.3) is 0 Å². The summed E-state index contributed by atoms with van der Waals surface area (Å²) in [5.41, 5.74) is 1.14. The van der Waals surface area contributed by atoms with Gasteiger partial charge in [0.25, 0.3) is 0 Å². The van der Waals surface area contributed by atoms with Crippen LogP contribution in [0.2, 0.25) is 0 Å². The summed E-state index contributed by atoms with van der Waals surface area (Å²) in [7, 11) is 10.4. The number of ether oxygens (including phenoxy) is 1. The molecule has 0 aliphatic carbocycles. The van der Waals surface area contributed by atoms with Crippen LogP contribution in [0.3, 0.4) is 0 Å². The second-order valence-electron chi connectivity index (χ2n) is 10.3. The van der Waals surface area contributed by atoms with Crippen LogP contribution in [0.4, 0.5) is 5.69 Å². The molecule has 0 saturated carbocycles. The lowest BCUT2D eigenvalue weighted by molar-refractivity contribution is -0.470. The minimum absolute atomic E-state index is 0.809. The smallest absolute Gasteiger partial charge is 0.354 e. The molecule has 0 heterocycles. The van der Waals surface area contributed by atoms with Gasteiger partial charge in [-0.3, -0.25) is 9.48 Å². The fourth-order valence-electron chi connectivity index (χ4n) is 4.74. The Labute approximate surface area is 212 Å². The maximum atomic E-state index is 6.05. The van der Waals surface area contributed by atoms with Gasteiger partial charge >= 0.3 is 5.96 Å². The number of unbranched alkanes of at least 4 members (excludes halogenated alkanes) is 15. The molecule has 0 fully saturated rings. The van der Waals surface area contributed by atoms with E-state index in [1.165, 1.54) is 96.3 Å². The van der Waals surface area contributed by atoms with Gasteiger partial charge in [0.2, 0.25) is 0 Å². The first-order chi connectivity index (χ1) is 16.5. The predicted octanol–water partition coefficient (Wildman–Crippen LogP) is 7.95. The Morgan fingerprint density at radius 3 is 1.62 bits per heavy atom. The van der Waals surface area contributed by atoms with Crippen LogP contribution >= 0.6 is 0 Å². The molecule has 196 valence electrons. The van der Waals surface area contributed by atoms with E-state index in [4.69, 9.17) is 4.74 Å². The second-order valence-corrected chi connectivity index (χ2v) is 10.3. The van der Waals surface area contributed by atoms with Crippen LogP contribution in [-0.2, 0) is 0 Å². The Bertz CT molecular complexity index is 652. The number of hydrogen-bond donors (Lipinski definition) is 0. The molecule has 1 aromatic rings. The van der Waals surface area contributed by atoms with E-state index in [1.54, 1.807) is 0 Å². The maximum absolute atomic E-state index is 6.05. The molecule has 4 heteroatoms. The van der Waals surface area contributed by atoms with E-state index < -0.39 is 0 Å². The summed E-state index contributed by atoms with van der Waals surface area (Å²) >= 11 is 0. The third kappa shape index (κ3) is 13.9. The molecule has 0 aliphatic rings. The molecule has 0 spiro atoms. The van der Waals surface area contributed by atoms with E-state index in [1.807, 2.05) is 0 Å². The van der Waals surface area contributed by atoms with Crippen molar-refractivity contribution in [1.82, 2.24) is 4.90 Å². The highest BCUT2D eigenvalue weighted by molar-refractivity contribution is 5.91. The summed E-state index contributed by atoms with van der Waals surface area (Å²) in [5.74, 6) is 2.09. The summed E-state index contributed by atoms with van der Waals surface area (Å²) in [5, 5.41) is 0. The van der Waals surface area contributed by atoms with E-state index in [2.05, 4.69) is 80.8 Å². The monoisotopic (exact) mass is 474 g/mol. The van der Waals surface area contributed by atoms with Crippen molar-refractivity contribution in [2.75, 3.05) is 46.7 Å². The number of guanidine groups is 1. The van der Waals surface area contributed by atoms with Crippen LogP contribution in [0.5, 0.6) is 5.75 Å². The Balaban J connectivity index is 2.05. The number of anilines is 1. The lowest BCUT2D eigenvalue weighted by Crippen LogP contribution is -2.43. The average molecular weight is 475 g/mol. The van der Waals surface area contributed by atoms with Gasteiger partial charge in [-0.2, -0.15) is 0 Å². The van der Waals surface area contributed by atoms with Crippen molar-refractivity contribution in [1.29, 1.82) is 0 Å². The predicted molar refractivity (Wildman–Crippen MR) is 151 cm³/mol. The highest BCUT2D eigenvalue weighted by atomic mass is 16.5. The Kier molecular flexibility index (Phi) is 17.5. The molecule has 1 rings (SSSR count). The van der Waals surface area contributed by atoms with E-state index in [0.29, 0.717) is 0 Å². The van der Waals surface area contributed by atoms with Crippen molar-refractivity contribution in [3.05, 3.63) is 24.3 Å². The lowest BCUT2D eigenvalue weighted by atomic mass is 10.0. The van der Waals surface area contributed by atoms with Gasteiger partial charge in [0.15, 0.2) is 0 Å². The molecule has 0 N–H and O–H groups in total. The van der Waals surface area contributed by atoms with Crippen molar-refractivity contribution in [2.45, 2.75) is 110 Å². The molecule has 0 atom stereocenters. The van der Waals surface area contributed by atoms with E-state index in [-0.39, 0.29) is 0 Å². The fraction of sp³-hybridized carbons (Fsp3) is 0.767. The number of nitrogens with zero attached hydrogens (tertiary/aromatic N) is 3. The first kappa shape index (κ1) is 30.3. The third-order valence-electron chi connectivity index (χ3n) is 6.57. The molecular formula is C30H56N3O+. The summed E-state index contributed by atoms with van der Waals surface area (Å²) in [4.78, 5) is 4.32. The topological polar surface area (TPSA) is 18.7 Å². The summed E-state index contributed by atoms with van der Waals surface area (Å²) in [6.45, 7) is 3.10. The molecule has 34 heavy (non-hydrogen) atoms. The SMILES string of the molecule is CCCCCCCCCCCCCCCCCCOc1cccc(N(C)C(N(C)C)=[N+](C)C)c1. The molecule has 0 unspecified atom stereocenters. The average Bonchev–Trinajstić information content (AvgIpc) is 2.80. The Morgan fingerprint density at radius 2 is 1.18 bits per heavy atom. The van der Waals surface area contributed by atoms with Gasteiger partial charge < -0.3 is 4.74 Å². The highest BCUT2D eigenvalue weighted by Gasteiger charge is 2.20. The highest BCUT2D eigenvalue weighted by Crippen LogP contribution is 2.21. The van der Waals surface area contributed by atoms with E-state index in [9.17, 15) is 0 Å². The summed E-state index contributed by atoms with van der Waals surface area (Å²) in [6.07, 6.45) is 22.3. The second kappa shape index (κ2) is 19.6. The van der Waals surface area contributed by atoms with E-state index >= 15 is 0 Å². The molecular weight excluding hydrogens is 418 g/mol. The van der Waals surface area contributed by atoms with Gasteiger partial charge in [0.05, 0.1) is 41.8 Å². The standard InChI is InChI=1S/C30H56N3O/c1-7-8-9-10-11-12-13-14-15-16-17-18-19-20-21-22-26-34-29-25-23-24-28(27-29)33(6)30(31(2)3)32(4)5/h23-25,27H,7-22,26H2,1-6H3/q+1. The van der Waals surface area contributed by atoms with Gasteiger partial charge in [0.1, 0.15) is 11.4 Å². The number of rotatable bonds is 19. The van der Waals surface area contributed by atoms with Crippen LogP contribution in [0, 0.1) is 0 Å². The molecule has 0 aromatic heterocycles. The molecule has 0 bridgehead atoms. The molecule has 0 aliphatic heterocycles. The van der Waals surface area contributed by atoms with Crippen LogP contribution < -0.4 is 9.64 Å². The van der Waals surface area contributed by atoms with Gasteiger partial charge in [-0.1, -0.05) is 109 Å². The fourth-order valence-corrected chi connectivity index (χ4v) is 4.74. The van der Waals surface area contributed by atoms with Gasteiger partial charge in [-0.15, -0.1) is 0 Å². The first-order valence-corrected chi connectivity index (χ1v) is 14.2. The quantitative estimate of drug-likeness (QED) is 0.0877. The van der Waals surface area contributed by atoms with Crippen molar-refractivity contribution in [2.24, 2.45) is 0 Å². The van der Waals surface area contributed by atoms with Gasteiger partial charge in [0, 0.05) is 6.07 Å². The third-order valence-corrected chi connectivity index (χ3v) is 6.57. The van der Waals surface area contributed by atoms with E-state index in [0.717, 1.165) is 30.4 Å². The minimum Gasteiger partial charge on any atom is -0.493 e. The summed E-state index contributed by atoms with van der Waals surface area (Å²) in [6, 6.07) is 8.42. The molecule has 4 nitrogen and oxygen atoms in total. The first-order valence-electron chi connectivity index (χ1n) is 14.2. The van der Waals surface area contributed by atoms with Crippen molar-refractivity contribution < 1.29 is 9.31 Å². The molecule has 1 aromatic carbocycles. The van der Waals surface area contributed by atoms with Crippen LogP contribution in [0.15, 0.2) is 24.3 Å². The zero-order valence-corrected chi connectivity index (χ0v) is 23.6. The summed E-state index contributed by atoms with van der Waals surface area (Å²) < 4.78 is 8.18. The molecule has 0 radical (unpaired) electrons. The normalized spacial score (nSPS) is 10.9. The minimum atomic E-state index is 0.809. The van der Waals surface area contributed by atoms with Crippen molar-refractivity contribution in [3.8, 4) is 5.75 Å². The van der Waals surface area contributed by atoms with Gasteiger partial charge in [-0.25, -0.2) is 4.90 Å². The van der Waals surface area contributed by atoms with Crippen LogP contribution in [0.1, 0.15) is 110 Å². The zero-order valence-electron chi connectivity index (χ0n) is 23.6. The van der Waals surface area contributed by atoms with Gasteiger partial charge in [-0.05, 0) is 18.6 Å². The maximum Gasteiger partial charge on any atom is 0.354 e. The molecule has 0 amide bonds. The van der Waals surface area contributed by atoms with Crippen molar-refractivity contribution >= 4 is 11.6 Å². The lowest BCUT2D eigenvalue weighted by Gasteiger charge is -2.21. The van der Waals surface area contributed by atoms with Crippen molar-refractivity contribution in [3.63, 3.8) is 0 Å². The Hall–Kier alpha value is -1.71. The number of benzene rings is 1. The number of hydrogen-bond acceptors (Lipinski definition) is 1. The van der Waals surface area contributed by atoms with Crippen LogP contribution in [-0.4, -0.2) is 57.3 Å².